The van der Waals surface area contributed by atoms with E-state index >= 15 is 0 Å². The molecule has 7 heteroatoms. The van der Waals surface area contributed by atoms with E-state index in [9.17, 15) is 13.2 Å². The molecule has 1 fully saturated rings. The highest BCUT2D eigenvalue weighted by Crippen LogP contribution is 2.22. The number of carbonyl (C=O) groups is 1. The van der Waals surface area contributed by atoms with Gasteiger partial charge < -0.3 is 9.80 Å². The number of anilines is 1. The van der Waals surface area contributed by atoms with Crippen LogP contribution in [0.3, 0.4) is 0 Å². The second-order valence-corrected chi connectivity index (χ2v) is 8.86. The van der Waals surface area contributed by atoms with Gasteiger partial charge in [-0.25, -0.2) is 8.42 Å². The van der Waals surface area contributed by atoms with Crippen molar-refractivity contribution in [3.63, 3.8) is 0 Å². The van der Waals surface area contributed by atoms with Crippen LogP contribution in [-0.2, 0) is 10.0 Å². The normalized spacial score (nSPS) is 15.6. The molecule has 1 heterocycles. The Kier molecular flexibility index (Phi) is 5.53. The van der Waals surface area contributed by atoms with Crippen molar-refractivity contribution in [1.29, 1.82) is 0 Å². The Balaban J connectivity index is 1.87. The first-order chi connectivity index (χ1) is 12.8. The summed E-state index contributed by atoms with van der Waals surface area (Å²) in [6.07, 6.45) is 0. The Morgan fingerprint density at radius 3 is 2.44 bits per heavy atom. The zero-order valence-corrected chi connectivity index (χ0v) is 16.8. The van der Waals surface area contributed by atoms with E-state index < -0.39 is 10.0 Å². The number of amides is 1. The monoisotopic (exact) mass is 388 g/mol. The number of likely N-dealkylation sites (N-methyl/N-ethyl adjacent to an activating group) is 1. The molecule has 0 atom stereocenters. The van der Waals surface area contributed by atoms with E-state index in [1.54, 1.807) is 42.2 Å². The molecule has 1 aliphatic heterocycles. The van der Waals surface area contributed by atoms with Crippen LogP contribution in [0, 0.1) is 13.8 Å². The number of piperazine rings is 1. The third-order valence-corrected chi connectivity index (χ3v) is 6.42. The minimum atomic E-state index is -3.78. The van der Waals surface area contributed by atoms with Gasteiger partial charge in [0.25, 0.3) is 15.9 Å². The molecular weight excluding hydrogens is 362 g/mol. The fourth-order valence-corrected chi connectivity index (χ4v) is 4.54. The van der Waals surface area contributed by atoms with E-state index in [2.05, 4.69) is 11.8 Å². The minimum absolute atomic E-state index is 0.116. The van der Waals surface area contributed by atoms with Crippen LogP contribution in [-0.4, -0.2) is 52.5 Å². The number of nitrogens with one attached hydrogen (secondary N) is 2. The van der Waals surface area contributed by atoms with Gasteiger partial charge in [-0.2, -0.15) is 0 Å². The highest BCUT2D eigenvalue weighted by atomic mass is 32.2. The second kappa shape index (κ2) is 7.70. The summed E-state index contributed by atoms with van der Waals surface area (Å²) < 4.78 is 28.4. The van der Waals surface area contributed by atoms with Crippen LogP contribution in [0.1, 0.15) is 21.5 Å². The molecule has 3 rings (SSSR count). The Hall–Kier alpha value is -2.38. The van der Waals surface area contributed by atoms with E-state index in [1.807, 2.05) is 13.0 Å². The summed E-state index contributed by atoms with van der Waals surface area (Å²) in [5, 5.41) is 0. The van der Waals surface area contributed by atoms with E-state index in [0.717, 1.165) is 18.7 Å². The van der Waals surface area contributed by atoms with Gasteiger partial charge >= 0.3 is 0 Å². The number of quaternary nitrogens is 1. The standard InChI is InChI=1S/C20H25N3O3S/c1-15-5-4-6-18(13-15)21-27(25,26)19-14-17(8-7-16(19)2)20(24)23-11-9-22(3)10-12-23/h4-8,13-14,21H,9-12H2,1-3H3/p+1. The van der Waals surface area contributed by atoms with Crippen LogP contribution < -0.4 is 9.62 Å². The van der Waals surface area contributed by atoms with Crippen molar-refractivity contribution in [2.75, 3.05) is 37.9 Å². The quantitative estimate of drug-likeness (QED) is 0.823. The van der Waals surface area contributed by atoms with E-state index in [1.165, 1.54) is 11.0 Å². The second-order valence-electron chi connectivity index (χ2n) is 7.20. The summed E-state index contributed by atoms with van der Waals surface area (Å²) in [5.41, 5.74) is 2.49. The lowest BCUT2D eigenvalue weighted by molar-refractivity contribution is -0.883. The maximum Gasteiger partial charge on any atom is 0.262 e. The molecule has 0 radical (unpaired) electrons. The Morgan fingerprint density at radius 1 is 1.07 bits per heavy atom. The maximum atomic E-state index is 12.9. The van der Waals surface area contributed by atoms with Crippen molar-refractivity contribution in [2.24, 2.45) is 0 Å². The fourth-order valence-electron chi connectivity index (χ4n) is 3.22. The first kappa shape index (κ1) is 19.4. The molecule has 144 valence electrons. The van der Waals surface area contributed by atoms with Crippen LogP contribution in [0.5, 0.6) is 0 Å². The summed E-state index contributed by atoms with van der Waals surface area (Å²) in [5.74, 6) is -0.116. The van der Waals surface area contributed by atoms with Gasteiger partial charge in [0.2, 0.25) is 0 Å². The molecule has 0 saturated carbocycles. The minimum Gasteiger partial charge on any atom is -0.334 e. The summed E-state index contributed by atoms with van der Waals surface area (Å²) in [7, 11) is -1.67. The lowest BCUT2D eigenvalue weighted by atomic mass is 10.1. The van der Waals surface area contributed by atoms with Crippen LogP contribution in [0.25, 0.3) is 0 Å². The molecule has 27 heavy (non-hydrogen) atoms. The molecule has 0 unspecified atom stereocenters. The molecule has 2 aromatic carbocycles. The van der Waals surface area contributed by atoms with E-state index in [4.69, 9.17) is 0 Å². The topological polar surface area (TPSA) is 70.9 Å². The number of carbonyl (C=O) groups excluding carboxylic acids is 1. The zero-order chi connectivity index (χ0) is 19.6. The molecular formula is C20H26N3O3S+. The third kappa shape index (κ3) is 4.48. The highest BCUT2D eigenvalue weighted by molar-refractivity contribution is 7.92. The first-order valence-electron chi connectivity index (χ1n) is 9.07. The van der Waals surface area contributed by atoms with Gasteiger partial charge in [0.15, 0.2) is 0 Å². The number of nitrogens with zero attached hydrogens (tertiary/aromatic N) is 1. The van der Waals surface area contributed by atoms with Gasteiger partial charge in [0, 0.05) is 11.3 Å². The molecule has 2 N–H and O–H groups in total. The SMILES string of the molecule is Cc1cccc(NS(=O)(=O)c2cc(C(=O)N3CC[NH+](C)CC3)ccc2C)c1. The number of rotatable bonds is 4. The summed E-state index contributed by atoms with van der Waals surface area (Å²) in [4.78, 5) is 16.1. The number of benzene rings is 2. The fraction of sp³-hybridized carbons (Fsp3) is 0.350. The van der Waals surface area contributed by atoms with Crippen molar-refractivity contribution in [3.05, 3.63) is 59.2 Å². The lowest BCUT2D eigenvalue weighted by Crippen LogP contribution is -3.12. The molecule has 1 amide bonds. The average molecular weight is 389 g/mol. The van der Waals surface area contributed by atoms with E-state index in [-0.39, 0.29) is 10.8 Å². The van der Waals surface area contributed by atoms with Crippen molar-refractivity contribution < 1.29 is 18.1 Å². The summed E-state index contributed by atoms with van der Waals surface area (Å²) in [6.45, 7) is 6.80. The molecule has 2 aromatic rings. The molecule has 0 spiro atoms. The molecule has 0 aliphatic carbocycles. The molecule has 1 saturated heterocycles. The predicted octanol–water partition coefficient (Wildman–Crippen LogP) is 1.07. The summed E-state index contributed by atoms with van der Waals surface area (Å²) in [6, 6.07) is 12.1. The Bertz CT molecular complexity index is 949. The van der Waals surface area contributed by atoms with Gasteiger partial charge in [0.05, 0.1) is 38.1 Å². The predicted molar refractivity (Wildman–Crippen MR) is 106 cm³/mol. The van der Waals surface area contributed by atoms with Gasteiger partial charge in [-0.1, -0.05) is 18.2 Å². The van der Waals surface area contributed by atoms with Gasteiger partial charge in [-0.3, -0.25) is 9.52 Å². The average Bonchev–Trinajstić information content (AvgIpc) is 2.61. The van der Waals surface area contributed by atoms with Crippen LogP contribution >= 0.6 is 0 Å². The van der Waals surface area contributed by atoms with E-state index in [0.29, 0.717) is 29.9 Å². The number of aryl methyl sites for hydroxylation is 2. The largest absolute Gasteiger partial charge is 0.334 e. The number of sulfonamides is 1. The van der Waals surface area contributed by atoms with Gasteiger partial charge in [-0.05, 0) is 49.2 Å². The van der Waals surface area contributed by atoms with Crippen molar-refractivity contribution in [3.8, 4) is 0 Å². The van der Waals surface area contributed by atoms with Crippen LogP contribution in [0.2, 0.25) is 0 Å². The maximum absolute atomic E-state index is 12.9. The molecule has 6 nitrogen and oxygen atoms in total. The molecule has 0 aromatic heterocycles. The third-order valence-electron chi connectivity index (χ3n) is 4.90. The highest BCUT2D eigenvalue weighted by Gasteiger charge is 2.25. The van der Waals surface area contributed by atoms with Crippen molar-refractivity contribution in [1.82, 2.24) is 4.90 Å². The molecule has 1 aliphatic rings. The zero-order valence-electron chi connectivity index (χ0n) is 16.0. The number of hydrogen-bond acceptors (Lipinski definition) is 3. The smallest absolute Gasteiger partial charge is 0.262 e. The number of hydrogen-bond donors (Lipinski definition) is 2. The molecule has 0 bridgehead atoms. The van der Waals surface area contributed by atoms with Crippen LogP contribution in [0.4, 0.5) is 5.69 Å². The van der Waals surface area contributed by atoms with Crippen LogP contribution in [0.15, 0.2) is 47.4 Å². The Labute approximate surface area is 160 Å². The van der Waals surface area contributed by atoms with Gasteiger partial charge in [0.1, 0.15) is 0 Å². The lowest BCUT2D eigenvalue weighted by Gasteiger charge is -2.30. The summed E-state index contributed by atoms with van der Waals surface area (Å²) >= 11 is 0. The first-order valence-corrected chi connectivity index (χ1v) is 10.6. The van der Waals surface area contributed by atoms with Gasteiger partial charge in [-0.15, -0.1) is 0 Å². The van der Waals surface area contributed by atoms with Crippen molar-refractivity contribution in [2.45, 2.75) is 18.7 Å². The van der Waals surface area contributed by atoms with Crippen molar-refractivity contribution >= 4 is 21.6 Å². The Morgan fingerprint density at radius 2 is 1.78 bits per heavy atom.